The molecule has 5 heavy (non-hydrogen) atoms. The Labute approximate surface area is 73.5 Å². The molecule has 0 saturated heterocycles. The maximum absolute atomic E-state index is 6.75. The van der Waals surface area contributed by atoms with E-state index in [4.69, 9.17) is 11.1 Å². The molecule has 0 spiro atoms. The second-order valence-electron chi connectivity index (χ2n) is 0.0894. The van der Waals surface area contributed by atoms with Crippen LogP contribution in [0.2, 0.25) is 0 Å². The van der Waals surface area contributed by atoms with E-state index in [9.17, 15) is 0 Å². The van der Waals surface area contributed by atoms with Crippen molar-refractivity contribution in [2.75, 3.05) is 0 Å². The first-order valence-corrected chi connectivity index (χ1v) is 0.400. The molecule has 0 aliphatic heterocycles. The minimum atomic E-state index is 0. The van der Waals surface area contributed by atoms with Crippen molar-refractivity contribution < 1.29 is 31.0 Å². The fraction of sp³-hybridized carbons (Fsp3) is 0. The van der Waals surface area contributed by atoms with Gasteiger partial charge in [-0.3, -0.25) is 4.91 Å². The standard InChI is InChI=1S/N3.Na.Pb.3H/c1-3-2;;;;;/q-1;+1;;;;-1. The zero-order chi connectivity index (χ0) is 2.71. The van der Waals surface area contributed by atoms with Crippen molar-refractivity contribution in [1.82, 2.24) is 0 Å². The van der Waals surface area contributed by atoms with Crippen LogP contribution < -0.4 is 29.6 Å². The number of hydrogen-bond acceptors (Lipinski definition) is 0. The molecule has 0 N–H and O–H groups in total. The second-order valence-corrected chi connectivity index (χ2v) is 0.0894. The third-order valence-electron chi connectivity index (χ3n) is 0. The fourth-order valence-corrected chi connectivity index (χ4v) is 0. The molecule has 3 nitrogen and oxygen atoms in total. The van der Waals surface area contributed by atoms with Gasteiger partial charge in [0.25, 0.3) is 0 Å². The van der Waals surface area contributed by atoms with Crippen LogP contribution in [0.4, 0.5) is 0 Å². The minimum absolute atomic E-state index is 0. The molecule has 0 aromatic carbocycles. The zero-order valence-electron chi connectivity index (χ0n) is 4.05. The van der Waals surface area contributed by atoms with Gasteiger partial charge in [-0.25, -0.2) is 0 Å². The van der Waals surface area contributed by atoms with Gasteiger partial charge in [-0.2, -0.15) is 0 Å². The van der Waals surface area contributed by atoms with Gasteiger partial charge in [0.1, 0.15) is 0 Å². The van der Waals surface area contributed by atoms with E-state index in [2.05, 4.69) is 0 Å². The molecule has 0 aromatic rings. The van der Waals surface area contributed by atoms with E-state index < -0.39 is 0 Å². The Morgan fingerprint density at radius 2 is 1.40 bits per heavy atom. The predicted molar refractivity (Wildman–Crippen MR) is 19.7 cm³/mol. The van der Waals surface area contributed by atoms with E-state index in [1.165, 1.54) is 4.91 Å². The molecule has 2 radical (unpaired) electrons. The Balaban J connectivity index is -0.00000000667. The second kappa shape index (κ2) is 18.8. The first kappa shape index (κ1) is 16.3. The number of rotatable bonds is 0. The molecule has 0 aromatic heterocycles. The monoisotopic (exact) mass is 276 g/mol. The Bertz CT molecular complexity index is 31.8. The molecular weight excluding hydrogens is 272 g/mol. The van der Waals surface area contributed by atoms with Crippen LogP contribution in [0.1, 0.15) is 1.43 Å². The van der Waals surface area contributed by atoms with Crippen LogP contribution in [0.15, 0.2) is 0 Å². The molecule has 0 bridgehead atoms. The molecule has 0 fully saturated rings. The number of nitrogens with zero attached hydrogens (tertiary/aromatic N) is 3. The van der Waals surface area contributed by atoms with Crippen molar-refractivity contribution in [3.8, 4) is 0 Å². The molecule has 0 unspecified atom stereocenters. The Morgan fingerprint density at radius 3 is 1.40 bits per heavy atom. The molecule has 0 rings (SSSR count). The molecule has 0 aliphatic rings. The van der Waals surface area contributed by atoms with Crippen LogP contribution >= 0.6 is 0 Å². The fourth-order valence-electron chi connectivity index (χ4n) is 0. The Morgan fingerprint density at radius 1 is 1.40 bits per heavy atom. The van der Waals surface area contributed by atoms with Gasteiger partial charge in [-0.05, 0) is 0 Å². The zero-order valence-corrected chi connectivity index (χ0v) is 10.5. The Kier molecular flexibility index (Phi) is 61.4. The molecule has 0 aliphatic carbocycles. The summed E-state index contributed by atoms with van der Waals surface area (Å²) in [4.78, 5) is 1.50. The van der Waals surface area contributed by atoms with Gasteiger partial charge in [0.15, 0.2) is 0 Å². The van der Waals surface area contributed by atoms with Gasteiger partial charge < -0.3 is 12.5 Å². The first-order chi connectivity index (χ1) is 1.41. The summed E-state index contributed by atoms with van der Waals surface area (Å²) in [5.74, 6) is 0. The van der Waals surface area contributed by atoms with Gasteiger partial charge in [-0.15, -0.1) is 0 Å². The van der Waals surface area contributed by atoms with E-state index in [0.717, 1.165) is 0 Å². The van der Waals surface area contributed by atoms with Crippen LogP contribution in [-0.2, 0) is 0 Å². The van der Waals surface area contributed by atoms with Crippen molar-refractivity contribution in [2.45, 2.75) is 0 Å². The third-order valence-corrected chi connectivity index (χ3v) is 0. The predicted octanol–water partition coefficient (Wildman–Crippen LogP) is -2.93. The molecular formula is H3N3NaPb-. The van der Waals surface area contributed by atoms with Gasteiger partial charge in [-0.1, -0.05) is 0 Å². The normalized spacial score (nSPS) is 1.60. The first-order valence-electron chi connectivity index (χ1n) is 0.400. The van der Waals surface area contributed by atoms with E-state index in [0.29, 0.717) is 0 Å². The summed E-state index contributed by atoms with van der Waals surface area (Å²) >= 11 is 0. The van der Waals surface area contributed by atoms with Gasteiger partial charge in [0, 0.05) is 0 Å². The van der Waals surface area contributed by atoms with Crippen molar-refractivity contribution in [3.63, 3.8) is 0 Å². The Hall–Kier alpha value is 1.23. The third kappa shape index (κ3) is 36.0. The summed E-state index contributed by atoms with van der Waals surface area (Å²) < 4.78 is 0. The van der Waals surface area contributed by atoms with Crippen LogP contribution in [0.5, 0.6) is 0 Å². The summed E-state index contributed by atoms with van der Waals surface area (Å²) in [5, 5.41) is 0. The summed E-state index contributed by atoms with van der Waals surface area (Å²) in [7, 11) is 0. The molecule has 24 valence electrons. The van der Waals surface area contributed by atoms with Crippen LogP contribution in [0.3, 0.4) is 0 Å². The molecule has 0 heterocycles. The SMILES string of the molecule is [H-].[N-]=[N+]=[N-].[Na+].[PbH2]. The van der Waals surface area contributed by atoms with Gasteiger partial charge in [0.2, 0.25) is 0 Å². The summed E-state index contributed by atoms with van der Waals surface area (Å²) in [6.45, 7) is 0. The van der Waals surface area contributed by atoms with Crippen LogP contribution in [0, 0.1) is 0 Å². The molecule has 0 atom stereocenters. The molecule has 5 heteroatoms. The van der Waals surface area contributed by atoms with Crippen LogP contribution in [-0.4, -0.2) is 27.3 Å². The summed E-state index contributed by atoms with van der Waals surface area (Å²) in [6, 6.07) is 0. The van der Waals surface area contributed by atoms with Gasteiger partial charge in [0.05, 0.1) is 0 Å². The van der Waals surface area contributed by atoms with E-state index in [-0.39, 0.29) is 58.3 Å². The van der Waals surface area contributed by atoms with Crippen molar-refractivity contribution in [3.05, 3.63) is 16.0 Å². The number of hydrogen-bond donors (Lipinski definition) is 0. The maximum atomic E-state index is 6.75. The van der Waals surface area contributed by atoms with E-state index in [1.807, 2.05) is 0 Å². The van der Waals surface area contributed by atoms with Gasteiger partial charge >= 0.3 is 56.9 Å². The van der Waals surface area contributed by atoms with Crippen molar-refractivity contribution in [1.29, 1.82) is 0 Å². The van der Waals surface area contributed by atoms with E-state index in [1.54, 1.807) is 0 Å². The quantitative estimate of drug-likeness (QED) is 0.197. The van der Waals surface area contributed by atoms with Crippen molar-refractivity contribution in [2.24, 2.45) is 0 Å². The molecule has 0 saturated carbocycles. The topological polar surface area (TPSA) is 58.7 Å². The average Bonchev–Trinajstić information content (AvgIpc) is 0.918. The molecule has 0 amide bonds. The average molecular weight is 275 g/mol. The van der Waals surface area contributed by atoms with Crippen LogP contribution in [0.25, 0.3) is 16.0 Å². The van der Waals surface area contributed by atoms with Crippen molar-refractivity contribution >= 4 is 27.3 Å². The van der Waals surface area contributed by atoms with E-state index >= 15 is 0 Å². The summed E-state index contributed by atoms with van der Waals surface area (Å²) in [5.41, 5.74) is 13.5. The summed E-state index contributed by atoms with van der Waals surface area (Å²) in [6.07, 6.45) is 0.